The normalized spacial score (nSPS) is 11.8. The van der Waals surface area contributed by atoms with Gasteiger partial charge in [-0.2, -0.15) is 0 Å². The van der Waals surface area contributed by atoms with Crippen molar-refractivity contribution in [2.45, 2.75) is 39.2 Å². The lowest BCUT2D eigenvalue weighted by Gasteiger charge is -2.16. The van der Waals surface area contributed by atoms with Crippen LogP contribution in [0.3, 0.4) is 0 Å². The fraction of sp³-hybridized carbons (Fsp3) is 0.533. The van der Waals surface area contributed by atoms with E-state index in [1.807, 2.05) is 6.92 Å². The van der Waals surface area contributed by atoms with Gasteiger partial charge in [0.05, 0.1) is 4.92 Å². The molecular formula is C15H23N3O3. The molecular weight excluding hydrogens is 270 g/mol. The zero-order valence-electron chi connectivity index (χ0n) is 13.0. The predicted octanol–water partition coefficient (Wildman–Crippen LogP) is 3.29. The summed E-state index contributed by atoms with van der Waals surface area (Å²) < 4.78 is 0. The number of amides is 1. The van der Waals surface area contributed by atoms with Crippen molar-refractivity contribution < 1.29 is 9.72 Å². The minimum atomic E-state index is -0.457. The van der Waals surface area contributed by atoms with Crippen LogP contribution in [0.1, 0.15) is 43.5 Å². The second kappa shape index (κ2) is 7.61. The predicted molar refractivity (Wildman–Crippen MR) is 83.7 cm³/mol. The number of nitro groups is 1. The molecule has 1 unspecified atom stereocenters. The molecule has 6 heteroatoms. The van der Waals surface area contributed by atoms with E-state index in [-0.39, 0.29) is 17.6 Å². The Bertz CT molecular complexity index is 515. The topological polar surface area (TPSA) is 75.5 Å². The Balaban J connectivity index is 3.00. The van der Waals surface area contributed by atoms with E-state index in [0.29, 0.717) is 11.3 Å². The van der Waals surface area contributed by atoms with Crippen molar-refractivity contribution in [3.8, 4) is 0 Å². The summed E-state index contributed by atoms with van der Waals surface area (Å²) in [4.78, 5) is 24.0. The molecule has 116 valence electrons. The van der Waals surface area contributed by atoms with Crippen molar-refractivity contribution in [1.82, 2.24) is 4.90 Å². The highest BCUT2D eigenvalue weighted by Crippen LogP contribution is 2.27. The van der Waals surface area contributed by atoms with Crippen LogP contribution in [0.15, 0.2) is 18.2 Å². The Kier molecular flexibility index (Phi) is 6.14. The van der Waals surface area contributed by atoms with Gasteiger partial charge in [0, 0.05) is 31.8 Å². The highest BCUT2D eigenvalue weighted by atomic mass is 16.6. The average Bonchev–Trinajstić information content (AvgIpc) is 2.44. The molecule has 1 aromatic carbocycles. The first kappa shape index (κ1) is 16.9. The molecule has 0 spiro atoms. The van der Waals surface area contributed by atoms with Crippen LogP contribution in [0, 0.1) is 10.1 Å². The fourth-order valence-corrected chi connectivity index (χ4v) is 2.04. The molecule has 1 N–H and O–H groups in total. The molecule has 0 heterocycles. The Morgan fingerprint density at radius 2 is 2.10 bits per heavy atom. The van der Waals surface area contributed by atoms with Gasteiger partial charge in [-0.3, -0.25) is 14.9 Å². The minimum absolute atomic E-state index is 0.0638. The number of hydrogen-bond acceptors (Lipinski definition) is 4. The third-order valence-corrected chi connectivity index (χ3v) is 3.24. The van der Waals surface area contributed by atoms with Gasteiger partial charge in [-0.1, -0.05) is 19.8 Å². The molecule has 0 saturated carbocycles. The number of carbonyl (C=O) groups excluding carboxylic acids is 1. The number of nitrogens with zero attached hydrogens (tertiary/aromatic N) is 2. The standard InChI is InChI=1S/C15H23N3O3/c1-5-6-7-11(2)16-13-9-8-12(15(19)17(3)4)10-14(13)18(20)21/h8-11,16H,5-7H2,1-4H3. The van der Waals surface area contributed by atoms with Gasteiger partial charge in [-0.05, 0) is 25.5 Å². The molecule has 21 heavy (non-hydrogen) atoms. The number of anilines is 1. The van der Waals surface area contributed by atoms with Crippen molar-refractivity contribution in [2.24, 2.45) is 0 Å². The number of hydrogen-bond donors (Lipinski definition) is 1. The van der Waals surface area contributed by atoms with Gasteiger partial charge in [0.25, 0.3) is 11.6 Å². The molecule has 1 amide bonds. The maximum absolute atomic E-state index is 11.9. The van der Waals surface area contributed by atoms with Crippen molar-refractivity contribution in [1.29, 1.82) is 0 Å². The summed E-state index contributed by atoms with van der Waals surface area (Å²) in [5, 5.41) is 14.4. The van der Waals surface area contributed by atoms with Crippen LogP contribution in [0.2, 0.25) is 0 Å². The molecule has 0 saturated heterocycles. The van der Waals surface area contributed by atoms with Crippen molar-refractivity contribution in [3.63, 3.8) is 0 Å². The van der Waals surface area contributed by atoms with Crippen molar-refractivity contribution in [2.75, 3.05) is 19.4 Å². The number of benzene rings is 1. The summed E-state index contributed by atoms with van der Waals surface area (Å²) in [6.07, 6.45) is 3.11. The van der Waals surface area contributed by atoms with Gasteiger partial charge in [0.15, 0.2) is 0 Å². The molecule has 0 aliphatic rings. The number of unbranched alkanes of at least 4 members (excludes halogenated alkanes) is 1. The summed E-state index contributed by atoms with van der Waals surface area (Å²) in [5.41, 5.74) is 0.711. The second-order valence-electron chi connectivity index (χ2n) is 5.38. The van der Waals surface area contributed by atoms with Gasteiger partial charge in [-0.15, -0.1) is 0 Å². The van der Waals surface area contributed by atoms with Crippen LogP contribution in [0.4, 0.5) is 11.4 Å². The van der Waals surface area contributed by atoms with E-state index in [2.05, 4.69) is 12.2 Å². The summed E-state index contributed by atoms with van der Waals surface area (Å²) in [5.74, 6) is -0.247. The van der Waals surface area contributed by atoms with E-state index in [9.17, 15) is 14.9 Å². The van der Waals surface area contributed by atoms with Gasteiger partial charge in [-0.25, -0.2) is 0 Å². The maximum atomic E-state index is 11.9. The third-order valence-electron chi connectivity index (χ3n) is 3.24. The summed E-state index contributed by atoms with van der Waals surface area (Å²) in [7, 11) is 3.24. The van der Waals surface area contributed by atoms with Gasteiger partial charge >= 0.3 is 0 Å². The molecule has 0 radical (unpaired) electrons. The van der Waals surface area contributed by atoms with E-state index in [1.54, 1.807) is 26.2 Å². The van der Waals surface area contributed by atoms with Gasteiger partial charge in [0.1, 0.15) is 5.69 Å². The number of nitrogens with one attached hydrogen (secondary N) is 1. The number of rotatable bonds is 7. The van der Waals surface area contributed by atoms with Gasteiger partial charge in [0.2, 0.25) is 0 Å². The molecule has 1 atom stereocenters. The third kappa shape index (κ3) is 4.73. The molecule has 0 bridgehead atoms. The van der Waals surface area contributed by atoms with Crippen molar-refractivity contribution >= 4 is 17.3 Å². The number of nitro benzene ring substituents is 1. The van der Waals surface area contributed by atoms with Crippen LogP contribution in [0.5, 0.6) is 0 Å². The lowest BCUT2D eigenvalue weighted by atomic mass is 10.1. The van der Waals surface area contributed by atoms with E-state index in [0.717, 1.165) is 19.3 Å². The minimum Gasteiger partial charge on any atom is -0.377 e. The Hall–Kier alpha value is -2.11. The Morgan fingerprint density at radius 1 is 1.43 bits per heavy atom. The van der Waals surface area contributed by atoms with Crippen LogP contribution in [-0.4, -0.2) is 35.9 Å². The first-order chi connectivity index (χ1) is 9.86. The highest BCUT2D eigenvalue weighted by molar-refractivity contribution is 5.95. The van der Waals surface area contributed by atoms with Gasteiger partial charge < -0.3 is 10.2 Å². The first-order valence-corrected chi connectivity index (χ1v) is 7.13. The Morgan fingerprint density at radius 3 is 2.62 bits per heavy atom. The van der Waals surface area contributed by atoms with E-state index >= 15 is 0 Å². The fourth-order valence-electron chi connectivity index (χ4n) is 2.04. The molecule has 1 aromatic rings. The van der Waals surface area contributed by atoms with Crippen LogP contribution >= 0.6 is 0 Å². The number of carbonyl (C=O) groups is 1. The summed E-state index contributed by atoms with van der Waals surface area (Å²) in [6.45, 7) is 4.11. The van der Waals surface area contributed by atoms with Crippen LogP contribution in [0.25, 0.3) is 0 Å². The largest absolute Gasteiger partial charge is 0.377 e. The summed E-state index contributed by atoms with van der Waals surface area (Å²) in [6, 6.07) is 4.71. The molecule has 6 nitrogen and oxygen atoms in total. The van der Waals surface area contributed by atoms with E-state index in [4.69, 9.17) is 0 Å². The SMILES string of the molecule is CCCCC(C)Nc1ccc(C(=O)N(C)C)cc1[N+](=O)[O-]. The zero-order chi connectivity index (χ0) is 16.0. The quantitative estimate of drug-likeness (QED) is 0.618. The van der Waals surface area contributed by atoms with E-state index in [1.165, 1.54) is 11.0 Å². The van der Waals surface area contributed by atoms with E-state index < -0.39 is 4.92 Å². The molecule has 0 aromatic heterocycles. The second-order valence-corrected chi connectivity index (χ2v) is 5.38. The highest BCUT2D eigenvalue weighted by Gasteiger charge is 2.19. The Labute approximate surface area is 125 Å². The molecule has 0 aliphatic heterocycles. The molecule has 0 fully saturated rings. The summed E-state index contributed by atoms with van der Waals surface area (Å²) >= 11 is 0. The molecule has 0 aliphatic carbocycles. The molecule has 1 rings (SSSR count). The van der Waals surface area contributed by atoms with Crippen LogP contribution in [-0.2, 0) is 0 Å². The lowest BCUT2D eigenvalue weighted by molar-refractivity contribution is -0.384. The van der Waals surface area contributed by atoms with Crippen LogP contribution < -0.4 is 5.32 Å². The monoisotopic (exact) mass is 293 g/mol. The maximum Gasteiger partial charge on any atom is 0.293 e. The smallest absolute Gasteiger partial charge is 0.293 e. The average molecular weight is 293 g/mol. The first-order valence-electron chi connectivity index (χ1n) is 7.13. The van der Waals surface area contributed by atoms with Crippen molar-refractivity contribution in [3.05, 3.63) is 33.9 Å². The zero-order valence-corrected chi connectivity index (χ0v) is 13.0. The lowest BCUT2D eigenvalue weighted by Crippen LogP contribution is -2.22.